The fraction of sp³-hybridized carbons (Fsp3) is 0.750. The summed E-state index contributed by atoms with van der Waals surface area (Å²) < 4.78 is 5.69. The molecular weight excluding hydrogens is 334 g/mol. The van der Waals surface area contributed by atoms with Crippen molar-refractivity contribution in [1.82, 2.24) is 4.90 Å². The number of benzene rings is 1. The molecule has 3 rings (SSSR count). The van der Waals surface area contributed by atoms with Gasteiger partial charge in [-0.2, -0.15) is 0 Å². The molecule has 0 heterocycles. The van der Waals surface area contributed by atoms with Crippen molar-refractivity contribution < 1.29 is 9.84 Å². The van der Waals surface area contributed by atoms with Gasteiger partial charge >= 0.3 is 0 Å². The third-order valence-corrected chi connectivity index (χ3v) is 6.92. The Labute approximate surface area is 166 Å². The zero-order chi connectivity index (χ0) is 19.3. The van der Waals surface area contributed by atoms with Crippen molar-refractivity contribution in [2.24, 2.45) is 17.8 Å². The van der Waals surface area contributed by atoms with Gasteiger partial charge in [0, 0.05) is 12.5 Å². The number of aliphatic hydroxyl groups is 1. The molecule has 2 aliphatic carbocycles. The first kappa shape index (κ1) is 20.7. The van der Waals surface area contributed by atoms with Gasteiger partial charge in [0.15, 0.2) is 0 Å². The predicted octanol–water partition coefficient (Wildman–Crippen LogP) is 5.22. The van der Waals surface area contributed by atoms with Gasteiger partial charge in [-0.05, 0) is 69.8 Å². The maximum atomic E-state index is 11.8. The van der Waals surface area contributed by atoms with E-state index in [0.29, 0.717) is 6.61 Å². The number of hydrogen-bond donors (Lipinski definition) is 1. The lowest BCUT2D eigenvalue weighted by Crippen LogP contribution is -2.45. The van der Waals surface area contributed by atoms with Gasteiger partial charge in [-0.1, -0.05) is 50.7 Å². The summed E-state index contributed by atoms with van der Waals surface area (Å²) in [5, 5.41) is 11.8. The highest BCUT2D eigenvalue weighted by Crippen LogP contribution is 2.46. The fourth-order valence-corrected chi connectivity index (χ4v) is 5.44. The molecule has 2 aliphatic rings. The van der Waals surface area contributed by atoms with Crippen molar-refractivity contribution >= 4 is 0 Å². The van der Waals surface area contributed by atoms with Crippen LogP contribution in [0.15, 0.2) is 24.3 Å². The van der Waals surface area contributed by atoms with Crippen LogP contribution in [0.3, 0.4) is 0 Å². The van der Waals surface area contributed by atoms with Crippen LogP contribution in [0.2, 0.25) is 0 Å². The Balaban J connectivity index is 1.70. The maximum absolute atomic E-state index is 11.8. The lowest BCUT2D eigenvalue weighted by molar-refractivity contribution is -0.0767. The zero-order valence-electron chi connectivity index (χ0n) is 17.6. The number of rotatable bonds is 8. The standard InChI is InChI=1S/C24H39NO2/c1-4-27-23-11-7-10-21(17-23)24(26)15-14-20(16-22(24)18-25(2)3)13-12-19-8-5-6-9-19/h7,10-11,17,19-20,22,26H,4-6,8-9,12-16,18H2,1-3H3. The van der Waals surface area contributed by atoms with Gasteiger partial charge in [0.1, 0.15) is 5.75 Å². The van der Waals surface area contributed by atoms with E-state index in [4.69, 9.17) is 4.74 Å². The van der Waals surface area contributed by atoms with Crippen LogP contribution in [0.4, 0.5) is 0 Å². The molecule has 3 heteroatoms. The second-order valence-electron chi connectivity index (χ2n) is 9.21. The molecule has 0 aromatic heterocycles. The summed E-state index contributed by atoms with van der Waals surface area (Å²) in [5.41, 5.74) is 0.302. The van der Waals surface area contributed by atoms with Crippen molar-refractivity contribution in [3.63, 3.8) is 0 Å². The van der Waals surface area contributed by atoms with E-state index < -0.39 is 5.60 Å². The van der Waals surface area contributed by atoms with Crippen molar-refractivity contribution in [2.45, 2.75) is 70.3 Å². The van der Waals surface area contributed by atoms with Crippen LogP contribution in [0.1, 0.15) is 70.3 Å². The second-order valence-corrected chi connectivity index (χ2v) is 9.21. The van der Waals surface area contributed by atoms with Crippen LogP contribution >= 0.6 is 0 Å². The molecule has 2 saturated carbocycles. The van der Waals surface area contributed by atoms with Gasteiger partial charge in [0.05, 0.1) is 12.2 Å². The van der Waals surface area contributed by atoms with Gasteiger partial charge in [-0.25, -0.2) is 0 Å². The molecule has 1 aromatic rings. The predicted molar refractivity (Wildman–Crippen MR) is 112 cm³/mol. The molecule has 0 radical (unpaired) electrons. The number of nitrogens with zero attached hydrogens (tertiary/aromatic N) is 1. The molecule has 1 N–H and O–H groups in total. The van der Waals surface area contributed by atoms with E-state index >= 15 is 0 Å². The van der Waals surface area contributed by atoms with Gasteiger partial charge in [-0.15, -0.1) is 0 Å². The average Bonchev–Trinajstić information content (AvgIpc) is 3.16. The molecule has 3 unspecified atom stereocenters. The highest BCUT2D eigenvalue weighted by Gasteiger charge is 2.43. The van der Waals surface area contributed by atoms with Crippen LogP contribution in [0.5, 0.6) is 5.75 Å². The highest BCUT2D eigenvalue weighted by atomic mass is 16.5. The largest absolute Gasteiger partial charge is 0.494 e. The smallest absolute Gasteiger partial charge is 0.119 e. The van der Waals surface area contributed by atoms with Crippen molar-refractivity contribution in [3.8, 4) is 5.75 Å². The Morgan fingerprint density at radius 2 is 1.85 bits per heavy atom. The molecule has 0 aliphatic heterocycles. The van der Waals surface area contributed by atoms with E-state index in [-0.39, 0.29) is 5.92 Å². The first-order valence-corrected chi connectivity index (χ1v) is 11.1. The average molecular weight is 374 g/mol. The van der Waals surface area contributed by atoms with E-state index in [0.717, 1.165) is 49.0 Å². The van der Waals surface area contributed by atoms with E-state index in [9.17, 15) is 5.11 Å². The molecule has 2 fully saturated rings. The zero-order valence-corrected chi connectivity index (χ0v) is 17.6. The van der Waals surface area contributed by atoms with Gasteiger partial charge in [-0.3, -0.25) is 0 Å². The first-order valence-electron chi connectivity index (χ1n) is 11.1. The van der Waals surface area contributed by atoms with Gasteiger partial charge < -0.3 is 14.7 Å². The Kier molecular flexibility index (Phi) is 7.22. The van der Waals surface area contributed by atoms with Crippen LogP contribution in [-0.4, -0.2) is 37.3 Å². The summed E-state index contributed by atoms with van der Waals surface area (Å²) in [6, 6.07) is 8.16. The second kappa shape index (κ2) is 9.43. The Hall–Kier alpha value is -1.06. The van der Waals surface area contributed by atoms with E-state index in [1.165, 1.54) is 38.5 Å². The van der Waals surface area contributed by atoms with Crippen LogP contribution in [0.25, 0.3) is 0 Å². The molecule has 0 saturated heterocycles. The van der Waals surface area contributed by atoms with E-state index in [2.05, 4.69) is 31.1 Å². The van der Waals surface area contributed by atoms with Crippen molar-refractivity contribution in [2.75, 3.05) is 27.2 Å². The summed E-state index contributed by atoms with van der Waals surface area (Å²) in [7, 11) is 4.25. The summed E-state index contributed by atoms with van der Waals surface area (Å²) in [6.07, 6.45) is 11.7. The molecule has 0 bridgehead atoms. The molecule has 3 atom stereocenters. The quantitative estimate of drug-likeness (QED) is 0.678. The summed E-state index contributed by atoms with van der Waals surface area (Å²) in [5.74, 6) is 2.90. The summed E-state index contributed by atoms with van der Waals surface area (Å²) in [4.78, 5) is 2.24. The van der Waals surface area contributed by atoms with Gasteiger partial charge in [0.25, 0.3) is 0 Å². The topological polar surface area (TPSA) is 32.7 Å². The molecular formula is C24H39NO2. The van der Waals surface area contributed by atoms with Crippen LogP contribution in [-0.2, 0) is 5.60 Å². The van der Waals surface area contributed by atoms with E-state index in [1.54, 1.807) is 0 Å². The summed E-state index contributed by atoms with van der Waals surface area (Å²) in [6.45, 7) is 3.60. The molecule has 1 aromatic carbocycles. The third-order valence-electron chi connectivity index (χ3n) is 6.92. The maximum Gasteiger partial charge on any atom is 0.119 e. The normalized spacial score (nSPS) is 29.4. The molecule has 0 amide bonds. The lowest BCUT2D eigenvalue weighted by atomic mass is 9.66. The molecule has 0 spiro atoms. The minimum absolute atomic E-state index is 0.284. The summed E-state index contributed by atoms with van der Waals surface area (Å²) >= 11 is 0. The monoisotopic (exact) mass is 373 g/mol. The third kappa shape index (κ3) is 5.26. The first-order chi connectivity index (χ1) is 13.0. The van der Waals surface area contributed by atoms with Crippen LogP contribution < -0.4 is 4.74 Å². The Morgan fingerprint density at radius 3 is 2.56 bits per heavy atom. The van der Waals surface area contributed by atoms with E-state index in [1.807, 2.05) is 19.1 Å². The SMILES string of the molecule is CCOc1cccc(C2(O)CCC(CCC3CCCC3)CC2CN(C)C)c1. The van der Waals surface area contributed by atoms with Crippen LogP contribution in [0, 0.1) is 17.8 Å². The van der Waals surface area contributed by atoms with Crippen molar-refractivity contribution in [1.29, 1.82) is 0 Å². The Morgan fingerprint density at radius 1 is 1.11 bits per heavy atom. The fourth-order valence-electron chi connectivity index (χ4n) is 5.44. The van der Waals surface area contributed by atoms with Gasteiger partial charge in [0.2, 0.25) is 0 Å². The number of hydrogen-bond acceptors (Lipinski definition) is 3. The lowest BCUT2D eigenvalue weighted by Gasteiger charge is -2.45. The molecule has 152 valence electrons. The van der Waals surface area contributed by atoms with Crippen molar-refractivity contribution in [3.05, 3.63) is 29.8 Å². The Bertz CT molecular complexity index is 581. The number of ether oxygens (including phenoxy) is 1. The molecule has 3 nitrogen and oxygen atoms in total. The minimum Gasteiger partial charge on any atom is -0.494 e. The molecule has 27 heavy (non-hydrogen) atoms. The highest BCUT2D eigenvalue weighted by molar-refractivity contribution is 5.33. The minimum atomic E-state index is -0.735.